The highest BCUT2D eigenvalue weighted by molar-refractivity contribution is 7.15. The van der Waals surface area contributed by atoms with E-state index >= 15 is 0 Å². The molecule has 0 aromatic carbocycles. The standard InChI is InChI=1S/C22H30N2O3S/c1-14-16(18(20(25)26)27-21(2,3)4)17(15-8-10-22(5,6)11-9-15)19(28-14)24-13-7-12-23-24/h7-8,12-13,18H,9-11H2,1-6H3,(H,25,26). The molecule has 5 nitrogen and oxygen atoms in total. The fraction of sp³-hybridized carbons (Fsp3) is 0.545. The van der Waals surface area contributed by atoms with Gasteiger partial charge in [0.25, 0.3) is 0 Å². The summed E-state index contributed by atoms with van der Waals surface area (Å²) in [6.07, 6.45) is 7.90. The zero-order valence-corrected chi connectivity index (χ0v) is 18.4. The number of carboxylic acid groups (broad SMARTS) is 1. The quantitative estimate of drug-likeness (QED) is 0.689. The minimum absolute atomic E-state index is 0.273. The van der Waals surface area contributed by atoms with Crippen molar-refractivity contribution < 1.29 is 14.6 Å². The number of carbonyl (C=O) groups is 1. The van der Waals surface area contributed by atoms with Gasteiger partial charge in [-0.25, -0.2) is 9.48 Å². The summed E-state index contributed by atoms with van der Waals surface area (Å²) in [5.74, 6) is -0.958. The van der Waals surface area contributed by atoms with Crippen molar-refractivity contribution in [1.29, 1.82) is 0 Å². The number of aromatic nitrogens is 2. The molecule has 28 heavy (non-hydrogen) atoms. The Bertz CT molecular complexity index is 886. The van der Waals surface area contributed by atoms with Gasteiger partial charge >= 0.3 is 5.97 Å². The minimum Gasteiger partial charge on any atom is -0.479 e. The number of allylic oxidation sites excluding steroid dienone is 2. The van der Waals surface area contributed by atoms with Gasteiger partial charge in [0.15, 0.2) is 6.10 Å². The summed E-state index contributed by atoms with van der Waals surface area (Å²) < 4.78 is 7.86. The van der Waals surface area contributed by atoms with Crippen LogP contribution in [0, 0.1) is 12.3 Å². The third kappa shape index (κ3) is 4.39. The third-order valence-corrected chi connectivity index (χ3v) is 6.19. The first-order valence-corrected chi connectivity index (χ1v) is 10.5. The zero-order chi connectivity index (χ0) is 20.7. The summed E-state index contributed by atoms with van der Waals surface area (Å²) >= 11 is 1.58. The molecule has 1 unspecified atom stereocenters. The maximum absolute atomic E-state index is 12.2. The summed E-state index contributed by atoms with van der Waals surface area (Å²) in [6.45, 7) is 12.2. The monoisotopic (exact) mass is 402 g/mol. The molecular weight excluding hydrogens is 372 g/mol. The van der Waals surface area contributed by atoms with E-state index < -0.39 is 17.7 Å². The zero-order valence-electron chi connectivity index (χ0n) is 17.6. The molecule has 0 amide bonds. The lowest BCUT2D eigenvalue weighted by Gasteiger charge is -2.30. The number of carboxylic acids is 1. The molecule has 0 saturated carbocycles. The van der Waals surface area contributed by atoms with E-state index in [4.69, 9.17) is 4.74 Å². The summed E-state index contributed by atoms with van der Waals surface area (Å²) in [4.78, 5) is 13.2. The van der Waals surface area contributed by atoms with Crippen LogP contribution in [0.2, 0.25) is 0 Å². The van der Waals surface area contributed by atoms with Gasteiger partial charge in [0, 0.05) is 28.4 Å². The van der Waals surface area contributed by atoms with Crippen molar-refractivity contribution in [2.75, 3.05) is 0 Å². The van der Waals surface area contributed by atoms with Crippen LogP contribution >= 0.6 is 11.3 Å². The Morgan fingerprint density at radius 3 is 2.61 bits per heavy atom. The van der Waals surface area contributed by atoms with Crippen LogP contribution in [0.1, 0.15) is 76.0 Å². The summed E-state index contributed by atoms with van der Waals surface area (Å²) in [5.41, 5.74) is 2.66. The van der Waals surface area contributed by atoms with Gasteiger partial charge in [0.2, 0.25) is 0 Å². The largest absolute Gasteiger partial charge is 0.479 e. The molecule has 0 fully saturated rings. The van der Waals surface area contributed by atoms with E-state index in [9.17, 15) is 9.90 Å². The van der Waals surface area contributed by atoms with E-state index in [0.29, 0.717) is 0 Å². The van der Waals surface area contributed by atoms with Crippen LogP contribution in [0.3, 0.4) is 0 Å². The van der Waals surface area contributed by atoms with Crippen LogP contribution in [0.4, 0.5) is 0 Å². The molecule has 0 saturated heterocycles. The number of hydrogen-bond donors (Lipinski definition) is 1. The number of hydrogen-bond acceptors (Lipinski definition) is 4. The van der Waals surface area contributed by atoms with Crippen molar-refractivity contribution in [3.05, 3.63) is 40.5 Å². The van der Waals surface area contributed by atoms with E-state index in [0.717, 1.165) is 40.3 Å². The Balaban J connectivity index is 2.19. The summed E-state index contributed by atoms with van der Waals surface area (Å²) in [6, 6.07) is 1.89. The highest BCUT2D eigenvalue weighted by atomic mass is 32.1. The van der Waals surface area contributed by atoms with Gasteiger partial charge in [-0.15, -0.1) is 11.3 Å². The fourth-order valence-corrected chi connectivity index (χ4v) is 4.76. The Hall–Kier alpha value is -1.92. The second-order valence-corrected chi connectivity index (χ2v) is 10.5. The van der Waals surface area contributed by atoms with Crippen LogP contribution in [0.15, 0.2) is 24.5 Å². The average Bonchev–Trinajstić information content (AvgIpc) is 3.19. The van der Waals surface area contributed by atoms with Crippen LogP contribution < -0.4 is 0 Å². The van der Waals surface area contributed by atoms with Crippen molar-refractivity contribution in [3.8, 4) is 5.00 Å². The maximum atomic E-state index is 12.2. The van der Waals surface area contributed by atoms with Crippen LogP contribution in [-0.2, 0) is 9.53 Å². The SMILES string of the molecule is Cc1sc(-n2cccn2)c(C2=CCC(C)(C)CC2)c1C(OC(C)(C)C)C(=O)O. The molecule has 6 heteroatoms. The van der Waals surface area contributed by atoms with E-state index in [-0.39, 0.29) is 5.41 Å². The van der Waals surface area contributed by atoms with Crippen molar-refractivity contribution in [1.82, 2.24) is 9.78 Å². The van der Waals surface area contributed by atoms with Crippen molar-refractivity contribution in [2.45, 2.75) is 72.5 Å². The maximum Gasteiger partial charge on any atom is 0.337 e. The number of rotatable bonds is 5. The highest BCUT2D eigenvalue weighted by Gasteiger charge is 2.35. The lowest BCUT2D eigenvalue weighted by atomic mass is 9.76. The Morgan fingerprint density at radius 2 is 2.11 bits per heavy atom. The summed E-state index contributed by atoms with van der Waals surface area (Å²) in [5, 5.41) is 15.4. The van der Waals surface area contributed by atoms with E-state index in [1.54, 1.807) is 17.5 Å². The van der Waals surface area contributed by atoms with Crippen molar-refractivity contribution in [2.24, 2.45) is 5.41 Å². The van der Waals surface area contributed by atoms with E-state index in [1.807, 2.05) is 44.6 Å². The van der Waals surface area contributed by atoms with E-state index in [1.165, 1.54) is 5.57 Å². The lowest BCUT2D eigenvalue weighted by Crippen LogP contribution is -2.28. The summed E-state index contributed by atoms with van der Waals surface area (Å²) in [7, 11) is 0. The first kappa shape index (κ1) is 20.8. The molecule has 0 radical (unpaired) electrons. The van der Waals surface area contributed by atoms with Crippen LogP contribution in [0.5, 0.6) is 0 Å². The van der Waals surface area contributed by atoms with Gasteiger partial charge in [-0.05, 0) is 64.0 Å². The minimum atomic E-state index is -1.01. The van der Waals surface area contributed by atoms with Gasteiger partial charge in [0.05, 0.1) is 5.60 Å². The van der Waals surface area contributed by atoms with Crippen LogP contribution in [-0.4, -0.2) is 26.5 Å². The highest BCUT2D eigenvalue weighted by Crippen LogP contribution is 2.46. The number of nitrogens with zero attached hydrogens (tertiary/aromatic N) is 2. The van der Waals surface area contributed by atoms with Gasteiger partial charge < -0.3 is 9.84 Å². The first-order chi connectivity index (χ1) is 13.0. The van der Waals surface area contributed by atoms with Gasteiger partial charge in [-0.1, -0.05) is 19.9 Å². The molecule has 0 aliphatic heterocycles. The average molecular weight is 403 g/mol. The predicted molar refractivity (Wildman–Crippen MR) is 113 cm³/mol. The van der Waals surface area contributed by atoms with Crippen molar-refractivity contribution >= 4 is 22.9 Å². The number of thiophene rings is 1. The lowest BCUT2D eigenvalue weighted by molar-refractivity contribution is -0.160. The Kier molecular flexibility index (Phi) is 5.56. The molecular formula is C22H30N2O3S. The second-order valence-electron chi connectivity index (χ2n) is 9.25. The Labute approximate surface area is 171 Å². The molecule has 1 N–H and O–H groups in total. The number of ether oxygens (including phenoxy) is 1. The van der Waals surface area contributed by atoms with Gasteiger partial charge in [-0.3, -0.25) is 0 Å². The molecule has 2 aromatic heterocycles. The fourth-order valence-electron chi connectivity index (χ4n) is 3.61. The first-order valence-electron chi connectivity index (χ1n) is 9.72. The van der Waals surface area contributed by atoms with Crippen molar-refractivity contribution in [3.63, 3.8) is 0 Å². The normalized spacial score (nSPS) is 18.0. The molecule has 0 bridgehead atoms. The molecule has 2 heterocycles. The third-order valence-electron chi connectivity index (χ3n) is 5.08. The molecule has 0 spiro atoms. The van der Waals surface area contributed by atoms with Gasteiger partial charge in [-0.2, -0.15) is 5.10 Å². The van der Waals surface area contributed by atoms with E-state index in [2.05, 4.69) is 25.0 Å². The molecule has 1 atom stereocenters. The molecule has 3 rings (SSSR count). The molecule has 1 aliphatic carbocycles. The Morgan fingerprint density at radius 1 is 1.39 bits per heavy atom. The number of aryl methyl sites for hydroxylation is 1. The van der Waals surface area contributed by atoms with Gasteiger partial charge in [0.1, 0.15) is 5.00 Å². The molecule has 1 aliphatic rings. The predicted octanol–water partition coefficient (Wildman–Crippen LogP) is 5.78. The van der Waals surface area contributed by atoms with Crippen LogP contribution in [0.25, 0.3) is 10.6 Å². The second kappa shape index (κ2) is 7.48. The molecule has 2 aromatic rings. The topological polar surface area (TPSA) is 64.4 Å². The molecule has 152 valence electrons. The smallest absolute Gasteiger partial charge is 0.337 e. The number of aliphatic carboxylic acids is 1.